The van der Waals surface area contributed by atoms with Crippen molar-refractivity contribution in [2.75, 3.05) is 0 Å². The number of hydrogen-bond acceptors (Lipinski definition) is 3. The van der Waals surface area contributed by atoms with E-state index < -0.39 is 11.9 Å². The van der Waals surface area contributed by atoms with Gasteiger partial charge in [0.1, 0.15) is 0 Å². The van der Waals surface area contributed by atoms with Crippen LogP contribution in [0.3, 0.4) is 0 Å². The van der Waals surface area contributed by atoms with Crippen LogP contribution in [0.2, 0.25) is 0 Å². The number of ketones is 1. The van der Waals surface area contributed by atoms with E-state index in [1.807, 2.05) is 0 Å². The van der Waals surface area contributed by atoms with Crippen LogP contribution in [0.15, 0.2) is 24.3 Å². The van der Waals surface area contributed by atoms with Crippen LogP contribution in [0.4, 0.5) is 0 Å². The molecule has 1 aromatic rings. The van der Waals surface area contributed by atoms with E-state index in [9.17, 15) is 14.4 Å². The molecule has 0 unspecified atom stereocenters. The third-order valence-electron chi connectivity index (χ3n) is 2.33. The minimum absolute atomic E-state index is 0.0463. The Morgan fingerprint density at radius 1 is 1.22 bits per heavy atom. The van der Waals surface area contributed by atoms with Crippen molar-refractivity contribution in [1.29, 1.82) is 0 Å². The van der Waals surface area contributed by atoms with Crippen molar-refractivity contribution < 1.29 is 24.6 Å². The zero-order valence-corrected chi connectivity index (χ0v) is 9.71. The zero-order valence-electron chi connectivity index (χ0n) is 9.71. The lowest BCUT2D eigenvalue weighted by molar-refractivity contribution is -0.131. The normalized spacial score (nSPS) is 10.5. The van der Waals surface area contributed by atoms with Crippen molar-refractivity contribution >= 4 is 23.8 Å². The predicted octanol–water partition coefficient (Wildman–Crippen LogP) is 2.08. The maximum absolute atomic E-state index is 11.8. The van der Waals surface area contributed by atoms with Gasteiger partial charge < -0.3 is 10.2 Å². The first-order valence-electron chi connectivity index (χ1n) is 5.27. The minimum atomic E-state index is -1.21. The third-order valence-corrected chi connectivity index (χ3v) is 2.33. The molecule has 0 aliphatic carbocycles. The SMILES string of the molecule is CCC(=O)c1c(C=CC(=O)O)cccc1C(=O)O. The van der Waals surface area contributed by atoms with Gasteiger partial charge in [-0.15, -0.1) is 0 Å². The van der Waals surface area contributed by atoms with Crippen molar-refractivity contribution in [2.45, 2.75) is 13.3 Å². The number of Topliss-reactive ketones (excluding diaryl/α,β-unsaturated/α-hetero) is 1. The molecule has 94 valence electrons. The lowest BCUT2D eigenvalue weighted by Gasteiger charge is -2.07. The molecule has 0 aliphatic rings. The molecule has 5 nitrogen and oxygen atoms in total. The zero-order chi connectivity index (χ0) is 13.7. The van der Waals surface area contributed by atoms with E-state index in [1.165, 1.54) is 24.3 Å². The molecule has 0 aromatic heterocycles. The number of carbonyl (C=O) groups excluding carboxylic acids is 1. The van der Waals surface area contributed by atoms with Crippen LogP contribution < -0.4 is 0 Å². The standard InChI is InChI=1S/C13H12O5/c1-2-10(14)12-8(6-7-11(15)16)4-3-5-9(12)13(17)18/h3-7H,2H2,1H3,(H,15,16)(H,17,18). The first-order chi connectivity index (χ1) is 8.47. The summed E-state index contributed by atoms with van der Waals surface area (Å²) in [6.07, 6.45) is 2.24. The Hall–Kier alpha value is -2.43. The number of rotatable bonds is 5. The number of aromatic carboxylic acids is 1. The van der Waals surface area contributed by atoms with Gasteiger partial charge in [0, 0.05) is 18.1 Å². The summed E-state index contributed by atoms with van der Waals surface area (Å²) < 4.78 is 0. The lowest BCUT2D eigenvalue weighted by Crippen LogP contribution is -2.10. The van der Waals surface area contributed by atoms with Crippen LogP contribution in [0.25, 0.3) is 6.08 Å². The van der Waals surface area contributed by atoms with E-state index in [-0.39, 0.29) is 23.3 Å². The molecule has 5 heteroatoms. The van der Waals surface area contributed by atoms with Crippen LogP contribution in [0.1, 0.15) is 39.6 Å². The van der Waals surface area contributed by atoms with Gasteiger partial charge in [0.15, 0.2) is 5.78 Å². The summed E-state index contributed by atoms with van der Waals surface area (Å²) in [6.45, 7) is 1.62. The predicted molar refractivity (Wildman–Crippen MR) is 64.7 cm³/mol. The molecule has 0 saturated heterocycles. The van der Waals surface area contributed by atoms with Gasteiger partial charge in [-0.3, -0.25) is 4.79 Å². The van der Waals surface area contributed by atoms with Gasteiger partial charge in [0.05, 0.1) is 5.56 Å². The fourth-order valence-electron chi connectivity index (χ4n) is 1.54. The lowest BCUT2D eigenvalue weighted by atomic mass is 9.96. The first-order valence-corrected chi connectivity index (χ1v) is 5.27. The molecule has 0 bridgehead atoms. The second-order valence-corrected chi connectivity index (χ2v) is 3.52. The van der Waals surface area contributed by atoms with E-state index >= 15 is 0 Å². The maximum Gasteiger partial charge on any atom is 0.336 e. The second kappa shape index (κ2) is 5.77. The Labute approximate surface area is 103 Å². The number of hydrogen-bond donors (Lipinski definition) is 2. The number of aliphatic carboxylic acids is 1. The van der Waals surface area contributed by atoms with E-state index in [2.05, 4.69) is 0 Å². The number of benzene rings is 1. The smallest absolute Gasteiger partial charge is 0.336 e. The molecule has 0 radical (unpaired) electrons. The minimum Gasteiger partial charge on any atom is -0.478 e. The highest BCUT2D eigenvalue weighted by atomic mass is 16.4. The molecule has 1 rings (SSSR count). The van der Waals surface area contributed by atoms with E-state index in [0.717, 1.165) is 6.08 Å². The van der Waals surface area contributed by atoms with E-state index in [1.54, 1.807) is 6.92 Å². The molecule has 1 aromatic carbocycles. The van der Waals surface area contributed by atoms with E-state index in [4.69, 9.17) is 10.2 Å². The third kappa shape index (κ3) is 3.04. The molecular formula is C13H12O5. The van der Waals surface area contributed by atoms with Gasteiger partial charge in [-0.05, 0) is 17.7 Å². The van der Waals surface area contributed by atoms with Gasteiger partial charge >= 0.3 is 11.9 Å². The number of carbonyl (C=O) groups is 3. The largest absolute Gasteiger partial charge is 0.478 e. The number of carboxylic acid groups (broad SMARTS) is 2. The Balaban J connectivity index is 3.42. The molecule has 0 spiro atoms. The van der Waals surface area contributed by atoms with Crippen molar-refractivity contribution in [3.63, 3.8) is 0 Å². The molecule has 2 N–H and O–H groups in total. The number of carboxylic acids is 2. The Morgan fingerprint density at radius 3 is 2.39 bits per heavy atom. The van der Waals surface area contributed by atoms with Gasteiger partial charge in [0.2, 0.25) is 0 Å². The molecule has 0 aliphatic heterocycles. The molecule has 0 atom stereocenters. The molecule has 0 heterocycles. The average Bonchev–Trinajstić information content (AvgIpc) is 2.34. The summed E-state index contributed by atoms with van der Waals surface area (Å²) in [7, 11) is 0. The quantitative estimate of drug-likeness (QED) is 0.614. The summed E-state index contributed by atoms with van der Waals surface area (Å²) in [5.74, 6) is -2.71. The Morgan fingerprint density at radius 2 is 1.89 bits per heavy atom. The molecule has 0 saturated carbocycles. The van der Waals surface area contributed by atoms with Crippen molar-refractivity contribution in [3.05, 3.63) is 41.0 Å². The van der Waals surface area contributed by atoms with E-state index in [0.29, 0.717) is 5.56 Å². The second-order valence-electron chi connectivity index (χ2n) is 3.52. The van der Waals surface area contributed by atoms with Gasteiger partial charge in [-0.25, -0.2) is 9.59 Å². The summed E-state index contributed by atoms with van der Waals surface area (Å²) >= 11 is 0. The highest BCUT2D eigenvalue weighted by Crippen LogP contribution is 2.19. The first kappa shape index (κ1) is 13.6. The van der Waals surface area contributed by atoms with Crippen molar-refractivity contribution in [2.24, 2.45) is 0 Å². The van der Waals surface area contributed by atoms with Crippen LogP contribution >= 0.6 is 0 Å². The summed E-state index contributed by atoms with van der Waals surface area (Å²) in [6, 6.07) is 4.30. The molecule has 0 amide bonds. The van der Waals surface area contributed by atoms with Crippen LogP contribution in [-0.2, 0) is 4.79 Å². The highest BCUT2D eigenvalue weighted by molar-refractivity contribution is 6.08. The van der Waals surface area contributed by atoms with Crippen molar-refractivity contribution in [1.82, 2.24) is 0 Å². The monoisotopic (exact) mass is 248 g/mol. The molecule has 18 heavy (non-hydrogen) atoms. The Bertz CT molecular complexity index is 528. The van der Waals surface area contributed by atoms with Gasteiger partial charge in [-0.2, -0.15) is 0 Å². The van der Waals surface area contributed by atoms with Crippen LogP contribution in [0, 0.1) is 0 Å². The summed E-state index contributed by atoms with van der Waals surface area (Å²) in [4.78, 5) is 33.3. The van der Waals surface area contributed by atoms with Gasteiger partial charge in [-0.1, -0.05) is 19.1 Å². The van der Waals surface area contributed by atoms with Crippen LogP contribution in [-0.4, -0.2) is 27.9 Å². The summed E-state index contributed by atoms with van der Waals surface area (Å²) in [5, 5.41) is 17.6. The fourth-order valence-corrected chi connectivity index (χ4v) is 1.54. The Kier molecular flexibility index (Phi) is 4.37. The molecular weight excluding hydrogens is 236 g/mol. The highest BCUT2D eigenvalue weighted by Gasteiger charge is 2.17. The van der Waals surface area contributed by atoms with Gasteiger partial charge in [0.25, 0.3) is 0 Å². The van der Waals surface area contributed by atoms with Crippen LogP contribution in [0.5, 0.6) is 0 Å². The fraction of sp³-hybridized carbons (Fsp3) is 0.154. The summed E-state index contributed by atoms with van der Waals surface area (Å²) in [5.41, 5.74) is 0.225. The van der Waals surface area contributed by atoms with Crippen molar-refractivity contribution in [3.8, 4) is 0 Å². The topological polar surface area (TPSA) is 91.7 Å². The maximum atomic E-state index is 11.8. The average molecular weight is 248 g/mol. The molecule has 0 fully saturated rings.